The van der Waals surface area contributed by atoms with Crippen molar-refractivity contribution >= 4 is 5.96 Å². The molecule has 0 saturated carbocycles. The molecule has 158 valence electrons. The summed E-state index contributed by atoms with van der Waals surface area (Å²) in [7, 11) is 0. The highest BCUT2D eigenvalue weighted by molar-refractivity contribution is 5.79. The van der Waals surface area contributed by atoms with Gasteiger partial charge in [-0.1, -0.05) is 36.4 Å². The summed E-state index contributed by atoms with van der Waals surface area (Å²) in [4.78, 5) is 8.61. The maximum absolute atomic E-state index is 12.9. The Balaban J connectivity index is 1.63. The average molecular weight is 415 g/mol. The van der Waals surface area contributed by atoms with Gasteiger partial charge in [0, 0.05) is 32.0 Å². The number of imidazole rings is 1. The lowest BCUT2D eigenvalue weighted by atomic mass is 10.1. The molecule has 0 spiro atoms. The SMILES string of the molecule is CCNC(=NCc1cccc(Cn2ccnc2)c1)NCc1cccc(C(F)(F)F)c1. The summed E-state index contributed by atoms with van der Waals surface area (Å²) in [6.45, 7) is 4.01. The molecule has 2 N–H and O–H groups in total. The molecule has 3 aromatic rings. The minimum Gasteiger partial charge on any atom is -0.357 e. The van der Waals surface area contributed by atoms with Crippen LogP contribution in [0.3, 0.4) is 0 Å². The number of hydrogen-bond donors (Lipinski definition) is 2. The lowest BCUT2D eigenvalue weighted by Crippen LogP contribution is -2.36. The molecule has 0 saturated heterocycles. The van der Waals surface area contributed by atoms with Crippen molar-refractivity contribution in [3.05, 3.63) is 89.5 Å². The Morgan fingerprint density at radius 1 is 1.03 bits per heavy atom. The van der Waals surface area contributed by atoms with Crippen LogP contribution in [0.1, 0.15) is 29.2 Å². The molecule has 0 unspecified atom stereocenters. The topological polar surface area (TPSA) is 54.2 Å². The van der Waals surface area contributed by atoms with E-state index in [0.29, 0.717) is 24.6 Å². The molecule has 30 heavy (non-hydrogen) atoms. The second kappa shape index (κ2) is 9.96. The van der Waals surface area contributed by atoms with E-state index < -0.39 is 11.7 Å². The van der Waals surface area contributed by atoms with E-state index in [-0.39, 0.29) is 6.54 Å². The molecule has 0 aliphatic carbocycles. The van der Waals surface area contributed by atoms with Crippen molar-refractivity contribution in [2.24, 2.45) is 4.99 Å². The second-order valence-corrected chi connectivity index (χ2v) is 6.80. The minimum absolute atomic E-state index is 0.246. The molecule has 1 heterocycles. The smallest absolute Gasteiger partial charge is 0.357 e. The van der Waals surface area contributed by atoms with E-state index in [9.17, 15) is 13.2 Å². The molecule has 0 atom stereocenters. The van der Waals surface area contributed by atoms with E-state index in [2.05, 4.69) is 26.7 Å². The van der Waals surface area contributed by atoms with E-state index in [1.165, 1.54) is 6.07 Å². The zero-order valence-electron chi connectivity index (χ0n) is 16.7. The number of hydrogen-bond acceptors (Lipinski definition) is 2. The molecule has 1 aromatic heterocycles. The second-order valence-electron chi connectivity index (χ2n) is 6.80. The van der Waals surface area contributed by atoms with Crippen LogP contribution in [0.25, 0.3) is 0 Å². The van der Waals surface area contributed by atoms with Gasteiger partial charge >= 0.3 is 6.18 Å². The number of halogens is 3. The summed E-state index contributed by atoms with van der Waals surface area (Å²) in [6, 6.07) is 13.4. The van der Waals surface area contributed by atoms with Crippen LogP contribution in [0.2, 0.25) is 0 Å². The fourth-order valence-electron chi connectivity index (χ4n) is 2.97. The lowest BCUT2D eigenvalue weighted by molar-refractivity contribution is -0.137. The number of alkyl halides is 3. The van der Waals surface area contributed by atoms with Gasteiger partial charge in [-0.2, -0.15) is 13.2 Å². The third-order valence-corrected chi connectivity index (χ3v) is 4.39. The Bertz CT molecular complexity index is 965. The number of guanidine groups is 1. The molecule has 0 aliphatic heterocycles. The van der Waals surface area contributed by atoms with Gasteiger partial charge in [-0.3, -0.25) is 0 Å². The molecule has 2 aromatic carbocycles. The molecular weight excluding hydrogens is 391 g/mol. The first-order valence-electron chi connectivity index (χ1n) is 9.66. The molecule has 8 heteroatoms. The summed E-state index contributed by atoms with van der Waals surface area (Å²) in [5, 5.41) is 6.22. The fraction of sp³-hybridized carbons (Fsp3) is 0.273. The number of nitrogens with zero attached hydrogens (tertiary/aromatic N) is 3. The molecule has 0 amide bonds. The zero-order valence-corrected chi connectivity index (χ0v) is 16.7. The van der Waals surface area contributed by atoms with Crippen molar-refractivity contribution in [1.82, 2.24) is 20.2 Å². The van der Waals surface area contributed by atoms with Crippen LogP contribution in [-0.2, 0) is 25.8 Å². The van der Waals surface area contributed by atoms with Crippen molar-refractivity contribution in [2.45, 2.75) is 32.7 Å². The predicted octanol–water partition coefficient (Wildman–Crippen LogP) is 4.21. The number of nitrogens with one attached hydrogen (secondary N) is 2. The maximum Gasteiger partial charge on any atom is 0.416 e. The minimum atomic E-state index is -4.35. The van der Waals surface area contributed by atoms with E-state index in [4.69, 9.17) is 0 Å². The number of aliphatic imine (C=N–C) groups is 1. The van der Waals surface area contributed by atoms with Gasteiger partial charge in [0.1, 0.15) is 0 Å². The number of benzene rings is 2. The maximum atomic E-state index is 12.9. The van der Waals surface area contributed by atoms with E-state index >= 15 is 0 Å². The van der Waals surface area contributed by atoms with Gasteiger partial charge in [-0.25, -0.2) is 9.98 Å². The molecule has 0 aliphatic rings. The van der Waals surface area contributed by atoms with E-state index in [0.717, 1.165) is 29.8 Å². The van der Waals surface area contributed by atoms with Crippen LogP contribution in [0.4, 0.5) is 13.2 Å². The quantitative estimate of drug-likeness (QED) is 0.449. The van der Waals surface area contributed by atoms with Gasteiger partial charge in [0.25, 0.3) is 0 Å². The molecule has 0 radical (unpaired) electrons. The standard InChI is InChI=1S/C22H24F3N5/c1-2-27-21(29-14-18-6-4-8-20(12-18)22(23,24)25)28-13-17-5-3-7-19(11-17)15-30-10-9-26-16-30/h3-12,16H,2,13-15H2,1H3,(H2,27,28,29). The van der Waals surface area contributed by atoms with Gasteiger partial charge in [-0.15, -0.1) is 0 Å². The Kier molecular flexibility index (Phi) is 7.11. The fourth-order valence-corrected chi connectivity index (χ4v) is 2.97. The first-order chi connectivity index (χ1) is 14.4. The van der Waals surface area contributed by atoms with E-state index in [1.807, 2.05) is 35.9 Å². The van der Waals surface area contributed by atoms with Gasteiger partial charge < -0.3 is 15.2 Å². The number of aromatic nitrogens is 2. The highest BCUT2D eigenvalue weighted by Gasteiger charge is 2.30. The third kappa shape index (κ3) is 6.37. The number of rotatable bonds is 7. The normalized spacial score (nSPS) is 12.1. The Hall–Kier alpha value is -3.29. The Labute approximate surface area is 173 Å². The van der Waals surface area contributed by atoms with Gasteiger partial charge in [-0.05, 0) is 35.7 Å². The van der Waals surface area contributed by atoms with Crippen molar-refractivity contribution in [3.63, 3.8) is 0 Å². The van der Waals surface area contributed by atoms with Crippen LogP contribution >= 0.6 is 0 Å². The van der Waals surface area contributed by atoms with Gasteiger partial charge in [0.05, 0.1) is 18.4 Å². The van der Waals surface area contributed by atoms with Crippen LogP contribution in [0, 0.1) is 0 Å². The largest absolute Gasteiger partial charge is 0.416 e. The summed E-state index contributed by atoms with van der Waals surface area (Å²) in [5.41, 5.74) is 2.07. The summed E-state index contributed by atoms with van der Waals surface area (Å²) >= 11 is 0. The van der Waals surface area contributed by atoms with Crippen molar-refractivity contribution in [1.29, 1.82) is 0 Å². The first kappa shape index (κ1) is 21.4. The van der Waals surface area contributed by atoms with Crippen molar-refractivity contribution in [2.75, 3.05) is 6.54 Å². The van der Waals surface area contributed by atoms with E-state index in [1.54, 1.807) is 18.6 Å². The van der Waals surface area contributed by atoms with Gasteiger partial charge in [0.15, 0.2) is 5.96 Å². The summed E-state index contributed by atoms with van der Waals surface area (Å²) in [6.07, 6.45) is 1.07. The monoisotopic (exact) mass is 415 g/mol. The van der Waals surface area contributed by atoms with Crippen LogP contribution in [-0.4, -0.2) is 22.1 Å². The highest BCUT2D eigenvalue weighted by Crippen LogP contribution is 2.29. The Morgan fingerprint density at radius 2 is 1.80 bits per heavy atom. The van der Waals surface area contributed by atoms with Crippen LogP contribution < -0.4 is 10.6 Å². The van der Waals surface area contributed by atoms with Crippen LogP contribution in [0.15, 0.2) is 72.2 Å². The summed E-state index contributed by atoms with van der Waals surface area (Å²) < 4.78 is 40.6. The summed E-state index contributed by atoms with van der Waals surface area (Å²) in [5.74, 6) is 0.551. The molecule has 5 nitrogen and oxygen atoms in total. The molecule has 0 bridgehead atoms. The van der Waals surface area contributed by atoms with Crippen LogP contribution in [0.5, 0.6) is 0 Å². The Morgan fingerprint density at radius 3 is 2.53 bits per heavy atom. The molecule has 0 fully saturated rings. The average Bonchev–Trinajstić information content (AvgIpc) is 3.23. The van der Waals surface area contributed by atoms with Crippen molar-refractivity contribution < 1.29 is 13.2 Å². The first-order valence-corrected chi connectivity index (χ1v) is 9.66. The van der Waals surface area contributed by atoms with Gasteiger partial charge in [0.2, 0.25) is 0 Å². The predicted molar refractivity (Wildman–Crippen MR) is 111 cm³/mol. The molecular formula is C22H24F3N5. The lowest BCUT2D eigenvalue weighted by Gasteiger charge is -2.13. The highest BCUT2D eigenvalue weighted by atomic mass is 19.4. The zero-order chi connectivity index (χ0) is 21.4. The van der Waals surface area contributed by atoms with Crippen molar-refractivity contribution in [3.8, 4) is 0 Å². The molecule has 3 rings (SSSR count). The third-order valence-electron chi connectivity index (χ3n) is 4.39.